The van der Waals surface area contributed by atoms with Gasteiger partial charge < -0.3 is 18.9 Å². The monoisotopic (exact) mass is 444 g/mol. The lowest BCUT2D eigenvalue weighted by molar-refractivity contribution is -0.140. The van der Waals surface area contributed by atoms with Crippen LogP contribution in [0, 0.1) is 11.8 Å². The summed E-state index contributed by atoms with van der Waals surface area (Å²) in [4.78, 5) is 11.8. The van der Waals surface area contributed by atoms with Gasteiger partial charge in [0.1, 0.15) is 19.0 Å². The van der Waals surface area contributed by atoms with Gasteiger partial charge in [0, 0.05) is 12.3 Å². The van der Waals surface area contributed by atoms with Crippen LogP contribution in [0.15, 0.2) is 47.4 Å². The molecule has 0 saturated heterocycles. The van der Waals surface area contributed by atoms with Crippen molar-refractivity contribution in [1.29, 1.82) is 0 Å². The predicted molar refractivity (Wildman–Crippen MR) is 114 cm³/mol. The summed E-state index contributed by atoms with van der Waals surface area (Å²) in [5, 5.41) is 0. The highest BCUT2D eigenvalue weighted by atomic mass is 32.2. The van der Waals surface area contributed by atoms with Crippen LogP contribution in [-0.2, 0) is 19.4 Å². The number of sulfone groups is 1. The van der Waals surface area contributed by atoms with Crippen LogP contribution >= 0.6 is 0 Å². The van der Waals surface area contributed by atoms with E-state index in [4.69, 9.17) is 18.9 Å². The van der Waals surface area contributed by atoms with Gasteiger partial charge in [0.15, 0.2) is 27.4 Å². The zero-order valence-corrected chi connectivity index (χ0v) is 18.4. The van der Waals surface area contributed by atoms with Gasteiger partial charge in [-0.2, -0.15) is 0 Å². The first-order valence-corrected chi connectivity index (χ1v) is 11.5. The van der Waals surface area contributed by atoms with Crippen molar-refractivity contribution in [2.45, 2.75) is 30.3 Å². The van der Waals surface area contributed by atoms with Crippen LogP contribution in [0.5, 0.6) is 17.2 Å². The molecule has 8 heteroatoms. The summed E-state index contributed by atoms with van der Waals surface area (Å²) in [5.41, 5.74) is 0.895. The minimum absolute atomic E-state index is 0.170. The minimum atomic E-state index is -3.34. The Balaban J connectivity index is 1.62. The van der Waals surface area contributed by atoms with Crippen molar-refractivity contribution in [3.8, 4) is 29.1 Å². The summed E-state index contributed by atoms with van der Waals surface area (Å²) >= 11 is 0. The van der Waals surface area contributed by atoms with Gasteiger partial charge in [-0.1, -0.05) is 18.1 Å². The van der Waals surface area contributed by atoms with E-state index in [1.807, 2.05) is 12.1 Å². The maximum Gasteiger partial charge on any atom is 0.307 e. The van der Waals surface area contributed by atoms with Gasteiger partial charge in [-0.3, -0.25) is 4.79 Å². The van der Waals surface area contributed by atoms with Crippen LogP contribution in [-0.4, -0.2) is 47.1 Å². The van der Waals surface area contributed by atoms with Crippen molar-refractivity contribution in [1.82, 2.24) is 0 Å². The third-order valence-corrected chi connectivity index (χ3v) is 5.81. The van der Waals surface area contributed by atoms with E-state index in [1.54, 1.807) is 25.1 Å². The van der Waals surface area contributed by atoms with Gasteiger partial charge in [-0.25, -0.2) is 8.42 Å². The molecule has 1 heterocycles. The summed E-state index contributed by atoms with van der Waals surface area (Å²) in [7, 11) is -1.98. The van der Waals surface area contributed by atoms with Crippen LogP contribution in [0.1, 0.15) is 24.8 Å². The van der Waals surface area contributed by atoms with E-state index in [0.29, 0.717) is 17.2 Å². The molecule has 0 bridgehead atoms. The van der Waals surface area contributed by atoms with E-state index in [0.717, 1.165) is 11.8 Å². The van der Waals surface area contributed by atoms with Crippen LogP contribution in [0.25, 0.3) is 0 Å². The van der Waals surface area contributed by atoms with E-state index < -0.39 is 9.84 Å². The molecule has 0 aromatic heterocycles. The molecule has 0 saturated carbocycles. The van der Waals surface area contributed by atoms with Crippen molar-refractivity contribution in [2.24, 2.45) is 0 Å². The van der Waals surface area contributed by atoms with Crippen LogP contribution in [0.2, 0.25) is 0 Å². The second-order valence-corrected chi connectivity index (χ2v) is 9.05. The summed E-state index contributed by atoms with van der Waals surface area (Å²) in [6.45, 7) is 2.24. The fourth-order valence-electron chi connectivity index (χ4n) is 3.07. The van der Waals surface area contributed by atoms with Crippen molar-refractivity contribution in [3.63, 3.8) is 0 Å². The molecule has 2 aromatic carbocycles. The molecule has 0 fully saturated rings. The van der Waals surface area contributed by atoms with Gasteiger partial charge in [0.25, 0.3) is 0 Å². The van der Waals surface area contributed by atoms with Crippen LogP contribution in [0.3, 0.4) is 0 Å². The molecule has 0 amide bonds. The molecule has 3 rings (SSSR count). The fraction of sp³-hybridized carbons (Fsp3) is 0.348. The number of benzene rings is 2. The van der Waals surface area contributed by atoms with E-state index in [9.17, 15) is 13.2 Å². The Morgan fingerprint density at radius 3 is 2.58 bits per heavy atom. The third kappa shape index (κ3) is 5.92. The Kier molecular flexibility index (Phi) is 7.08. The first-order valence-electron chi connectivity index (χ1n) is 9.65. The number of carbonyl (C=O) groups excluding carboxylic acids is 1. The summed E-state index contributed by atoms with van der Waals surface area (Å²) < 4.78 is 45.6. The Bertz CT molecular complexity index is 1090. The Morgan fingerprint density at radius 2 is 1.94 bits per heavy atom. The average molecular weight is 445 g/mol. The number of fused-ring (bicyclic) bond motifs is 1. The predicted octanol–water partition coefficient (Wildman–Crippen LogP) is 2.98. The van der Waals surface area contributed by atoms with Crippen molar-refractivity contribution in [2.75, 3.05) is 26.6 Å². The Hall–Kier alpha value is -3.18. The maximum atomic E-state index is 11.7. The molecule has 2 atom stereocenters. The molecule has 0 unspecified atom stereocenters. The maximum absolute atomic E-state index is 11.7. The standard InChI is InChI=1S/C23H24O7S/c1-4-5-17(12-23(24)27-2)16-6-8-18(9-7-16)28-14-19-15-29-21-11-10-20(31(3,25)26)13-22(21)30-19/h6-11,13,17,19H,12,14-15H2,1-3H3/t17-,19-/m0/s1. The highest BCUT2D eigenvalue weighted by Crippen LogP contribution is 2.34. The highest BCUT2D eigenvalue weighted by molar-refractivity contribution is 7.90. The molecule has 0 radical (unpaired) electrons. The van der Waals surface area contributed by atoms with Gasteiger partial charge in [-0.05, 0) is 36.8 Å². The number of hydrogen-bond donors (Lipinski definition) is 0. The molecule has 1 aliphatic rings. The van der Waals surface area contributed by atoms with E-state index >= 15 is 0 Å². The number of rotatable bonds is 7. The first kappa shape index (κ1) is 22.5. The smallest absolute Gasteiger partial charge is 0.307 e. The minimum Gasteiger partial charge on any atom is -0.490 e. The summed E-state index contributed by atoms with van der Waals surface area (Å²) in [6, 6.07) is 11.9. The third-order valence-electron chi connectivity index (χ3n) is 4.70. The molecular formula is C23H24O7S. The molecule has 1 aliphatic heterocycles. The molecule has 2 aromatic rings. The first-order chi connectivity index (χ1) is 14.8. The number of esters is 1. The molecule has 0 N–H and O–H groups in total. The molecule has 0 spiro atoms. The fourth-order valence-corrected chi connectivity index (χ4v) is 3.71. The second-order valence-electron chi connectivity index (χ2n) is 7.04. The SMILES string of the molecule is CC#C[C@@H](CC(=O)OC)c1ccc(OC[C@H]2COc3ccc(S(C)(=O)=O)cc3O2)cc1. The normalized spacial score (nSPS) is 15.9. The largest absolute Gasteiger partial charge is 0.490 e. The number of ether oxygens (including phenoxy) is 4. The highest BCUT2D eigenvalue weighted by Gasteiger charge is 2.23. The molecule has 31 heavy (non-hydrogen) atoms. The quantitative estimate of drug-likeness (QED) is 0.479. The lowest BCUT2D eigenvalue weighted by Crippen LogP contribution is -2.34. The van der Waals surface area contributed by atoms with Crippen molar-refractivity contribution in [3.05, 3.63) is 48.0 Å². The molecule has 164 valence electrons. The average Bonchev–Trinajstić information content (AvgIpc) is 2.76. The molecule has 7 nitrogen and oxygen atoms in total. The lowest BCUT2D eigenvalue weighted by atomic mass is 9.96. The van der Waals surface area contributed by atoms with Crippen LogP contribution < -0.4 is 14.2 Å². The van der Waals surface area contributed by atoms with Crippen molar-refractivity contribution >= 4 is 15.8 Å². The zero-order valence-electron chi connectivity index (χ0n) is 17.6. The van der Waals surface area contributed by atoms with E-state index in [-0.39, 0.29) is 42.5 Å². The lowest BCUT2D eigenvalue weighted by Gasteiger charge is -2.26. The number of hydrogen-bond acceptors (Lipinski definition) is 7. The Morgan fingerprint density at radius 1 is 1.19 bits per heavy atom. The topological polar surface area (TPSA) is 88.1 Å². The summed E-state index contributed by atoms with van der Waals surface area (Å²) in [5.74, 6) is 6.81. The number of methoxy groups -OCH3 is 1. The van der Waals surface area contributed by atoms with Gasteiger partial charge in [0.2, 0.25) is 0 Å². The zero-order chi connectivity index (χ0) is 22.4. The van der Waals surface area contributed by atoms with Gasteiger partial charge >= 0.3 is 5.97 Å². The van der Waals surface area contributed by atoms with Crippen molar-refractivity contribution < 1.29 is 32.2 Å². The molecule has 0 aliphatic carbocycles. The number of carbonyl (C=O) groups is 1. The second kappa shape index (κ2) is 9.75. The Labute approximate surface area is 182 Å². The van der Waals surface area contributed by atoms with Crippen LogP contribution in [0.4, 0.5) is 0 Å². The summed E-state index contributed by atoms with van der Waals surface area (Å²) in [6.07, 6.45) is 0.935. The molecular weight excluding hydrogens is 420 g/mol. The van der Waals surface area contributed by atoms with E-state index in [2.05, 4.69) is 11.8 Å². The van der Waals surface area contributed by atoms with Gasteiger partial charge in [-0.15, -0.1) is 5.92 Å². The van der Waals surface area contributed by atoms with E-state index in [1.165, 1.54) is 19.2 Å². The van der Waals surface area contributed by atoms with Gasteiger partial charge in [0.05, 0.1) is 24.3 Å².